The van der Waals surface area contributed by atoms with Crippen LogP contribution >= 0.6 is 0 Å². The van der Waals surface area contributed by atoms with Crippen molar-refractivity contribution in [3.8, 4) is 17.6 Å². The van der Waals surface area contributed by atoms with Crippen LogP contribution in [0.25, 0.3) is 12.2 Å². The summed E-state index contributed by atoms with van der Waals surface area (Å²) in [5.41, 5.74) is 2.26. The van der Waals surface area contributed by atoms with Gasteiger partial charge in [-0.15, -0.1) is 0 Å². The molecular weight excluding hydrogens is 420 g/mol. The number of methoxy groups -OCH3 is 2. The second-order valence-electron chi connectivity index (χ2n) is 8.37. The molecule has 2 bridgehead atoms. The van der Waals surface area contributed by atoms with Gasteiger partial charge in [0.15, 0.2) is 11.5 Å². The maximum Gasteiger partial charge on any atom is 0.250 e. The van der Waals surface area contributed by atoms with Gasteiger partial charge < -0.3 is 23.4 Å². The lowest BCUT2D eigenvalue weighted by molar-refractivity contribution is 0.275. The minimum atomic E-state index is 0.0515. The summed E-state index contributed by atoms with van der Waals surface area (Å²) in [6.07, 6.45) is 4.62. The van der Waals surface area contributed by atoms with Crippen LogP contribution in [0.5, 0.6) is 11.5 Å². The molecule has 168 valence electrons. The Kier molecular flexibility index (Phi) is 5.38. The van der Waals surface area contributed by atoms with E-state index in [0.717, 1.165) is 24.2 Å². The van der Waals surface area contributed by atoms with E-state index in [4.69, 9.17) is 13.9 Å². The molecule has 8 nitrogen and oxygen atoms in total. The number of hydrogen-bond acceptors (Lipinski definition) is 7. The van der Waals surface area contributed by atoms with Crippen LogP contribution in [0.15, 0.2) is 45.6 Å². The topological polar surface area (TPSA) is 93.5 Å². The average molecular weight is 444 g/mol. The zero-order chi connectivity index (χ0) is 22.9. The minimum Gasteiger partial charge on any atom is -0.493 e. The van der Waals surface area contributed by atoms with E-state index in [1.54, 1.807) is 26.4 Å². The summed E-state index contributed by atoms with van der Waals surface area (Å²) in [6, 6.07) is 13.2. The van der Waals surface area contributed by atoms with Gasteiger partial charge in [-0.3, -0.25) is 4.79 Å². The van der Waals surface area contributed by atoms with Crippen LogP contribution in [0.3, 0.4) is 0 Å². The van der Waals surface area contributed by atoms with Gasteiger partial charge in [0, 0.05) is 43.4 Å². The predicted octanol–water partition coefficient (Wildman–Crippen LogP) is 3.52. The third-order valence-electron chi connectivity index (χ3n) is 6.32. The summed E-state index contributed by atoms with van der Waals surface area (Å²) in [5.74, 6) is 2.67. The van der Waals surface area contributed by atoms with Crippen LogP contribution in [-0.2, 0) is 6.54 Å². The molecule has 3 aromatic rings. The first kappa shape index (κ1) is 20.9. The summed E-state index contributed by atoms with van der Waals surface area (Å²) < 4.78 is 18.5. The number of ether oxygens (including phenoxy) is 2. The third-order valence-corrected chi connectivity index (χ3v) is 6.32. The molecule has 33 heavy (non-hydrogen) atoms. The van der Waals surface area contributed by atoms with Crippen LogP contribution in [-0.4, -0.2) is 36.9 Å². The van der Waals surface area contributed by atoms with Gasteiger partial charge in [-0.2, -0.15) is 10.2 Å². The maximum atomic E-state index is 12.3. The molecule has 0 spiro atoms. The Hall–Kier alpha value is -3.99. The number of piperidine rings is 1. The molecule has 4 heterocycles. The number of nitriles is 1. The summed E-state index contributed by atoms with van der Waals surface area (Å²) in [4.78, 5) is 18.7. The highest BCUT2D eigenvalue weighted by Gasteiger charge is 2.36. The fraction of sp³-hybridized carbons (Fsp3) is 0.320. The van der Waals surface area contributed by atoms with Crippen LogP contribution < -0.4 is 19.9 Å². The highest BCUT2D eigenvalue weighted by molar-refractivity contribution is 5.69. The lowest BCUT2D eigenvalue weighted by Gasteiger charge is -2.42. The number of fused-ring (bicyclic) bond motifs is 4. The Morgan fingerprint density at radius 1 is 1.12 bits per heavy atom. The highest BCUT2D eigenvalue weighted by atomic mass is 16.5. The quantitative estimate of drug-likeness (QED) is 0.594. The molecule has 0 radical (unpaired) electrons. The van der Waals surface area contributed by atoms with E-state index in [0.29, 0.717) is 42.3 Å². The zero-order valence-corrected chi connectivity index (χ0v) is 18.5. The molecular formula is C25H24N4O4. The number of benzene rings is 1. The van der Waals surface area contributed by atoms with Crippen LogP contribution in [0.1, 0.15) is 35.2 Å². The molecule has 2 atom stereocenters. The molecule has 2 aromatic heterocycles. The van der Waals surface area contributed by atoms with Gasteiger partial charge in [0.05, 0.1) is 14.2 Å². The first-order valence-electron chi connectivity index (χ1n) is 10.9. The fourth-order valence-corrected chi connectivity index (χ4v) is 4.87. The van der Waals surface area contributed by atoms with Gasteiger partial charge in [0.1, 0.15) is 6.07 Å². The molecule has 1 saturated heterocycles. The molecule has 8 heteroatoms. The molecule has 0 aliphatic carbocycles. The second-order valence-corrected chi connectivity index (χ2v) is 8.37. The molecule has 2 aliphatic rings. The summed E-state index contributed by atoms with van der Waals surface area (Å²) in [7, 11) is 3.18. The maximum absolute atomic E-state index is 12.3. The standard InChI is InChI=1S/C25H24N4O4/c1-31-21-8-6-16(11-22(21)32-2)7-9-23-27-19(12-26)25(33-23)28-13-17-10-18(15-28)20-4-3-5-24(30)29(20)14-17/h3-9,11,17-18H,10,13-15H2,1-2H3/b9-7+. The van der Waals surface area contributed by atoms with Crippen molar-refractivity contribution in [3.05, 3.63) is 69.6 Å². The molecule has 1 aromatic carbocycles. The van der Waals surface area contributed by atoms with Crippen LogP contribution in [0.2, 0.25) is 0 Å². The van der Waals surface area contributed by atoms with E-state index in [1.165, 1.54) is 0 Å². The van der Waals surface area contributed by atoms with Crippen molar-refractivity contribution >= 4 is 18.0 Å². The van der Waals surface area contributed by atoms with E-state index < -0.39 is 0 Å². The summed E-state index contributed by atoms with van der Waals surface area (Å²) in [6.45, 7) is 2.09. The predicted molar refractivity (Wildman–Crippen MR) is 123 cm³/mol. The summed E-state index contributed by atoms with van der Waals surface area (Å²) >= 11 is 0. The minimum absolute atomic E-state index is 0.0515. The normalized spacial score (nSPS) is 19.2. The van der Waals surface area contributed by atoms with Crippen molar-refractivity contribution in [2.45, 2.75) is 18.9 Å². The zero-order valence-electron chi connectivity index (χ0n) is 18.5. The van der Waals surface area contributed by atoms with Crippen molar-refractivity contribution in [2.24, 2.45) is 5.92 Å². The largest absolute Gasteiger partial charge is 0.493 e. The van der Waals surface area contributed by atoms with Gasteiger partial charge in [-0.25, -0.2) is 0 Å². The van der Waals surface area contributed by atoms with E-state index in [2.05, 4.69) is 16.0 Å². The third kappa shape index (κ3) is 3.87. The highest BCUT2D eigenvalue weighted by Crippen LogP contribution is 2.38. The first-order valence-corrected chi connectivity index (χ1v) is 10.9. The Morgan fingerprint density at radius 3 is 2.76 bits per heavy atom. The Bertz CT molecular complexity index is 1320. The van der Waals surface area contributed by atoms with Gasteiger partial charge in [-0.05, 0) is 42.2 Å². The smallest absolute Gasteiger partial charge is 0.250 e. The van der Waals surface area contributed by atoms with E-state index in [-0.39, 0.29) is 17.2 Å². The van der Waals surface area contributed by atoms with Crippen molar-refractivity contribution in [2.75, 3.05) is 32.2 Å². The Morgan fingerprint density at radius 2 is 1.97 bits per heavy atom. The lowest BCUT2D eigenvalue weighted by Crippen LogP contribution is -2.47. The van der Waals surface area contributed by atoms with Crippen molar-refractivity contribution in [1.82, 2.24) is 9.55 Å². The average Bonchev–Trinajstić information content (AvgIpc) is 3.26. The number of rotatable bonds is 5. The van der Waals surface area contributed by atoms with Gasteiger partial charge in [0.2, 0.25) is 17.5 Å². The Labute approximate surface area is 191 Å². The molecule has 0 saturated carbocycles. The fourth-order valence-electron chi connectivity index (χ4n) is 4.87. The number of oxazole rings is 1. The van der Waals surface area contributed by atoms with Crippen molar-refractivity contribution in [1.29, 1.82) is 5.26 Å². The molecule has 2 unspecified atom stereocenters. The SMILES string of the molecule is COc1ccc(/C=C/c2nc(C#N)c(N3CC4CC(C3)c3cccc(=O)n3C4)o2)cc1OC. The van der Waals surface area contributed by atoms with Gasteiger partial charge in [0.25, 0.3) is 5.56 Å². The Balaban J connectivity index is 1.40. The molecule has 1 fully saturated rings. The summed E-state index contributed by atoms with van der Waals surface area (Å²) in [5, 5.41) is 9.67. The van der Waals surface area contributed by atoms with Crippen molar-refractivity contribution in [3.63, 3.8) is 0 Å². The van der Waals surface area contributed by atoms with E-state index >= 15 is 0 Å². The van der Waals surface area contributed by atoms with Crippen molar-refractivity contribution < 1.29 is 13.9 Å². The van der Waals surface area contributed by atoms with Crippen LogP contribution in [0, 0.1) is 17.2 Å². The molecule has 2 aliphatic heterocycles. The van der Waals surface area contributed by atoms with E-state index in [9.17, 15) is 10.1 Å². The van der Waals surface area contributed by atoms with Gasteiger partial charge >= 0.3 is 0 Å². The number of pyridine rings is 1. The molecule has 0 N–H and O–H groups in total. The first-order chi connectivity index (χ1) is 16.1. The van der Waals surface area contributed by atoms with Gasteiger partial charge in [-0.1, -0.05) is 12.1 Å². The number of anilines is 1. The van der Waals surface area contributed by atoms with E-state index in [1.807, 2.05) is 41.0 Å². The molecule has 0 amide bonds. The monoisotopic (exact) mass is 444 g/mol. The lowest BCUT2D eigenvalue weighted by atomic mass is 9.83. The number of nitrogens with zero attached hydrogens (tertiary/aromatic N) is 4. The second kappa shape index (κ2) is 8.51. The number of aromatic nitrogens is 2. The van der Waals surface area contributed by atoms with Crippen LogP contribution in [0.4, 0.5) is 5.88 Å². The number of hydrogen-bond donors (Lipinski definition) is 0. The molecule has 5 rings (SSSR count).